The van der Waals surface area contributed by atoms with Gasteiger partial charge in [-0.05, 0) is 61.6 Å². The SMILES string of the molecule is CO[C@H]1[C@@H](O)[C@@H](O)[C@@H](Oc2ccc(-c3ccccc3)c(C(=O)NCCCc3ccccc3)c2)OC1(C)C. The summed E-state index contributed by atoms with van der Waals surface area (Å²) in [6, 6.07) is 25.0. The molecule has 0 radical (unpaired) electrons. The minimum absolute atomic E-state index is 0.220. The first kappa shape index (κ1) is 26.8. The van der Waals surface area contributed by atoms with Gasteiger partial charge in [0.2, 0.25) is 6.29 Å². The average molecular weight is 506 g/mol. The molecule has 4 rings (SSSR count). The molecule has 4 atom stereocenters. The lowest BCUT2D eigenvalue weighted by molar-refractivity contribution is -0.305. The van der Waals surface area contributed by atoms with Gasteiger partial charge >= 0.3 is 0 Å². The van der Waals surface area contributed by atoms with E-state index in [0.29, 0.717) is 17.9 Å². The predicted molar refractivity (Wildman–Crippen MR) is 141 cm³/mol. The molecular formula is C30H35NO6. The van der Waals surface area contributed by atoms with Crippen molar-refractivity contribution in [3.05, 3.63) is 90.0 Å². The summed E-state index contributed by atoms with van der Waals surface area (Å²) in [7, 11) is 1.46. The number of aliphatic hydroxyl groups excluding tert-OH is 2. The Labute approximate surface area is 218 Å². The van der Waals surface area contributed by atoms with Gasteiger partial charge in [0.25, 0.3) is 5.91 Å². The lowest BCUT2D eigenvalue weighted by Crippen LogP contribution is -2.63. The fourth-order valence-electron chi connectivity index (χ4n) is 4.73. The molecule has 1 fully saturated rings. The average Bonchev–Trinajstić information content (AvgIpc) is 2.90. The Hall–Kier alpha value is -3.23. The van der Waals surface area contributed by atoms with Crippen LogP contribution in [0.15, 0.2) is 78.9 Å². The predicted octanol–water partition coefficient (Wildman–Crippen LogP) is 3.97. The van der Waals surface area contributed by atoms with Crippen molar-refractivity contribution in [2.24, 2.45) is 0 Å². The Morgan fingerprint density at radius 1 is 0.973 bits per heavy atom. The second-order valence-electron chi connectivity index (χ2n) is 9.76. The standard InChI is InChI=1S/C30H35NO6/c1-30(2)27(35-3)25(32)26(33)29(37-30)36-22-16-17-23(21-14-8-5-9-15-21)24(19-22)28(34)31-18-10-13-20-11-6-4-7-12-20/h4-9,11-12,14-17,19,25-27,29,32-33H,10,13,18H2,1-3H3,(H,31,34)/t25-,26+,27-,29-/m0/s1. The molecule has 1 heterocycles. The van der Waals surface area contributed by atoms with Gasteiger partial charge in [-0.3, -0.25) is 4.79 Å². The highest BCUT2D eigenvalue weighted by molar-refractivity contribution is 6.01. The number of carbonyl (C=O) groups is 1. The van der Waals surface area contributed by atoms with Crippen LogP contribution in [0.3, 0.4) is 0 Å². The van der Waals surface area contributed by atoms with Gasteiger partial charge in [0.05, 0.1) is 11.2 Å². The van der Waals surface area contributed by atoms with Crippen LogP contribution in [0, 0.1) is 0 Å². The monoisotopic (exact) mass is 505 g/mol. The minimum Gasteiger partial charge on any atom is -0.462 e. The zero-order chi connectivity index (χ0) is 26.4. The normalized spacial score (nSPS) is 22.8. The first-order valence-corrected chi connectivity index (χ1v) is 12.5. The van der Waals surface area contributed by atoms with Gasteiger partial charge in [-0.2, -0.15) is 0 Å². The molecule has 3 aromatic rings. The Morgan fingerprint density at radius 3 is 2.32 bits per heavy atom. The molecule has 0 bridgehead atoms. The molecule has 3 N–H and O–H groups in total. The highest BCUT2D eigenvalue weighted by Crippen LogP contribution is 2.34. The lowest BCUT2D eigenvalue weighted by Gasteiger charge is -2.46. The number of aliphatic hydroxyl groups is 2. The zero-order valence-corrected chi connectivity index (χ0v) is 21.5. The number of rotatable bonds is 9. The quantitative estimate of drug-likeness (QED) is 0.381. The zero-order valence-electron chi connectivity index (χ0n) is 21.5. The first-order chi connectivity index (χ1) is 17.8. The Morgan fingerprint density at radius 2 is 1.65 bits per heavy atom. The molecule has 1 saturated heterocycles. The van der Waals surface area contributed by atoms with Gasteiger partial charge in [0, 0.05) is 13.7 Å². The third kappa shape index (κ3) is 6.37. The third-order valence-electron chi connectivity index (χ3n) is 6.64. The van der Waals surface area contributed by atoms with Crippen LogP contribution >= 0.6 is 0 Å². The smallest absolute Gasteiger partial charge is 0.252 e. The lowest BCUT2D eigenvalue weighted by atomic mass is 9.89. The number of aryl methyl sites for hydroxylation is 1. The number of carbonyl (C=O) groups excluding carboxylic acids is 1. The van der Waals surface area contributed by atoms with Crippen LogP contribution in [0.4, 0.5) is 0 Å². The molecule has 1 aliphatic heterocycles. The van der Waals surface area contributed by atoms with Crippen molar-refractivity contribution in [2.75, 3.05) is 13.7 Å². The summed E-state index contributed by atoms with van der Waals surface area (Å²) >= 11 is 0. The van der Waals surface area contributed by atoms with Crippen LogP contribution in [0.1, 0.15) is 36.2 Å². The minimum atomic E-state index is -1.33. The summed E-state index contributed by atoms with van der Waals surface area (Å²) in [5, 5.41) is 24.2. The molecule has 196 valence electrons. The van der Waals surface area contributed by atoms with Crippen LogP contribution < -0.4 is 10.1 Å². The van der Waals surface area contributed by atoms with Crippen LogP contribution in [0.2, 0.25) is 0 Å². The van der Waals surface area contributed by atoms with Crippen LogP contribution in [0.5, 0.6) is 5.75 Å². The Balaban J connectivity index is 1.52. The molecule has 7 heteroatoms. The van der Waals surface area contributed by atoms with Crippen molar-refractivity contribution in [1.29, 1.82) is 0 Å². The summed E-state index contributed by atoms with van der Waals surface area (Å²) < 4.78 is 17.2. The second-order valence-corrected chi connectivity index (χ2v) is 9.76. The van der Waals surface area contributed by atoms with Crippen LogP contribution in [0.25, 0.3) is 11.1 Å². The molecule has 7 nitrogen and oxygen atoms in total. The van der Waals surface area contributed by atoms with Gasteiger partial charge in [0.15, 0.2) is 0 Å². The molecule has 0 spiro atoms. The molecular weight excluding hydrogens is 470 g/mol. The maximum Gasteiger partial charge on any atom is 0.252 e. The third-order valence-corrected chi connectivity index (χ3v) is 6.64. The van der Waals surface area contributed by atoms with Gasteiger partial charge in [0.1, 0.15) is 24.1 Å². The number of amides is 1. The van der Waals surface area contributed by atoms with E-state index in [1.165, 1.54) is 12.7 Å². The van der Waals surface area contributed by atoms with E-state index in [9.17, 15) is 15.0 Å². The van der Waals surface area contributed by atoms with E-state index in [-0.39, 0.29) is 5.91 Å². The van der Waals surface area contributed by atoms with E-state index < -0.39 is 30.2 Å². The van der Waals surface area contributed by atoms with Gasteiger partial charge in [-0.25, -0.2) is 0 Å². The number of benzene rings is 3. The number of hydrogen-bond donors (Lipinski definition) is 3. The van der Waals surface area contributed by atoms with Crippen LogP contribution in [-0.4, -0.2) is 60.0 Å². The van der Waals surface area contributed by atoms with Gasteiger partial charge < -0.3 is 29.7 Å². The topological polar surface area (TPSA) is 97.3 Å². The highest BCUT2D eigenvalue weighted by atomic mass is 16.7. The largest absolute Gasteiger partial charge is 0.462 e. The molecule has 0 saturated carbocycles. The molecule has 37 heavy (non-hydrogen) atoms. The van der Waals surface area contributed by atoms with Crippen molar-refractivity contribution in [2.45, 2.75) is 56.9 Å². The summed E-state index contributed by atoms with van der Waals surface area (Å²) in [5.41, 5.74) is 2.43. The summed E-state index contributed by atoms with van der Waals surface area (Å²) in [5.74, 6) is 0.124. The molecule has 1 aliphatic rings. The maximum atomic E-state index is 13.3. The summed E-state index contributed by atoms with van der Waals surface area (Å²) in [6.07, 6.45) is -2.71. The fraction of sp³-hybridized carbons (Fsp3) is 0.367. The van der Waals surface area contributed by atoms with Crippen molar-refractivity contribution in [3.8, 4) is 16.9 Å². The van der Waals surface area contributed by atoms with Crippen molar-refractivity contribution in [3.63, 3.8) is 0 Å². The van der Waals surface area contributed by atoms with E-state index in [2.05, 4.69) is 17.4 Å². The molecule has 1 amide bonds. The summed E-state index contributed by atoms with van der Waals surface area (Å²) in [6.45, 7) is 4.05. The second kappa shape index (κ2) is 11.9. The number of ether oxygens (including phenoxy) is 3. The van der Waals surface area contributed by atoms with Gasteiger partial charge in [-0.15, -0.1) is 0 Å². The van der Waals surface area contributed by atoms with E-state index >= 15 is 0 Å². The van der Waals surface area contributed by atoms with E-state index in [1.807, 2.05) is 54.6 Å². The molecule has 0 aliphatic carbocycles. The van der Waals surface area contributed by atoms with Crippen molar-refractivity contribution >= 4 is 5.91 Å². The van der Waals surface area contributed by atoms with Gasteiger partial charge in [-0.1, -0.05) is 60.7 Å². The Bertz CT molecular complexity index is 1170. The number of methoxy groups -OCH3 is 1. The van der Waals surface area contributed by atoms with E-state index in [4.69, 9.17) is 14.2 Å². The van der Waals surface area contributed by atoms with Crippen LogP contribution in [-0.2, 0) is 15.9 Å². The molecule has 0 aromatic heterocycles. The summed E-state index contributed by atoms with van der Waals surface area (Å²) in [4.78, 5) is 13.3. The highest BCUT2D eigenvalue weighted by Gasteiger charge is 2.50. The molecule has 0 unspecified atom stereocenters. The first-order valence-electron chi connectivity index (χ1n) is 12.5. The maximum absolute atomic E-state index is 13.3. The van der Waals surface area contributed by atoms with E-state index in [1.54, 1.807) is 26.0 Å². The number of hydrogen-bond acceptors (Lipinski definition) is 6. The fourth-order valence-corrected chi connectivity index (χ4v) is 4.73. The molecule has 3 aromatic carbocycles. The van der Waals surface area contributed by atoms with E-state index in [0.717, 1.165) is 24.0 Å². The van der Waals surface area contributed by atoms with Crippen molar-refractivity contribution < 1.29 is 29.2 Å². The Kier molecular flexibility index (Phi) is 8.61. The number of nitrogens with one attached hydrogen (secondary N) is 1. The van der Waals surface area contributed by atoms with Crippen molar-refractivity contribution in [1.82, 2.24) is 5.32 Å².